The van der Waals surface area contributed by atoms with Gasteiger partial charge in [0.1, 0.15) is 18.2 Å². The minimum atomic E-state index is -0.611. The number of carbonyl (C=O) groups is 2. The van der Waals surface area contributed by atoms with Gasteiger partial charge in [-0.05, 0) is 79.9 Å². The van der Waals surface area contributed by atoms with Gasteiger partial charge >= 0.3 is 5.97 Å². The van der Waals surface area contributed by atoms with E-state index in [9.17, 15) is 14.9 Å². The lowest BCUT2D eigenvalue weighted by Crippen LogP contribution is -2.13. The van der Waals surface area contributed by atoms with Gasteiger partial charge in [0.2, 0.25) is 0 Å². The smallest absolute Gasteiger partial charge is 0.338 e. The van der Waals surface area contributed by atoms with E-state index in [1.807, 2.05) is 44.2 Å². The molecule has 8 heteroatoms. The van der Waals surface area contributed by atoms with Gasteiger partial charge in [-0.2, -0.15) is 5.26 Å². The fourth-order valence-electron chi connectivity index (χ4n) is 3.41. The van der Waals surface area contributed by atoms with Crippen LogP contribution < -0.4 is 14.8 Å². The molecule has 0 saturated heterocycles. The Labute approximate surface area is 221 Å². The maximum Gasteiger partial charge on any atom is 0.338 e. The normalized spacial score (nSPS) is 10.8. The maximum atomic E-state index is 12.7. The number of anilines is 1. The molecule has 0 radical (unpaired) electrons. The van der Waals surface area contributed by atoms with Crippen molar-refractivity contribution in [1.82, 2.24) is 0 Å². The Balaban J connectivity index is 1.80. The molecule has 37 heavy (non-hydrogen) atoms. The molecule has 0 aromatic heterocycles. The quantitative estimate of drug-likeness (QED) is 0.191. The summed E-state index contributed by atoms with van der Waals surface area (Å²) in [5.74, 6) is -0.276. The van der Waals surface area contributed by atoms with Crippen molar-refractivity contribution in [2.75, 3.05) is 18.5 Å². The lowest BCUT2D eigenvalue weighted by molar-refractivity contribution is -0.112. The number of hydrogen-bond acceptors (Lipinski definition) is 6. The molecular formula is C29H27ClN2O5. The van der Waals surface area contributed by atoms with Gasteiger partial charge in [-0.25, -0.2) is 4.79 Å². The van der Waals surface area contributed by atoms with E-state index in [1.54, 1.807) is 31.2 Å². The highest BCUT2D eigenvalue weighted by Gasteiger charge is 2.16. The highest BCUT2D eigenvalue weighted by atomic mass is 35.5. The standard InChI is InChI=1S/C29H27ClN2O5/c1-4-35-26-16-20(15-25(30)27(26)37-18-22-9-7-6-8-19(22)3)14-23(17-31)28(33)32-24-12-10-21(11-13-24)29(34)36-5-2/h6-16H,4-5,18H2,1-3H3,(H,32,33)/b23-14+. The molecule has 7 nitrogen and oxygen atoms in total. The van der Waals surface area contributed by atoms with Crippen LogP contribution in [0.4, 0.5) is 5.69 Å². The predicted octanol–water partition coefficient (Wildman–Crippen LogP) is 6.35. The molecule has 0 aliphatic carbocycles. The molecule has 0 aliphatic rings. The summed E-state index contributed by atoms with van der Waals surface area (Å²) >= 11 is 6.52. The van der Waals surface area contributed by atoms with Gasteiger partial charge in [0.15, 0.2) is 11.5 Å². The average Bonchev–Trinajstić information content (AvgIpc) is 2.88. The number of nitriles is 1. The molecule has 0 heterocycles. The lowest BCUT2D eigenvalue weighted by atomic mass is 10.1. The van der Waals surface area contributed by atoms with E-state index in [0.29, 0.717) is 41.5 Å². The summed E-state index contributed by atoms with van der Waals surface area (Å²) < 4.78 is 16.7. The average molecular weight is 519 g/mol. The maximum absolute atomic E-state index is 12.7. The van der Waals surface area contributed by atoms with Gasteiger partial charge in [0, 0.05) is 5.69 Å². The Hall–Kier alpha value is -4.28. The van der Waals surface area contributed by atoms with Crippen LogP contribution in [0.15, 0.2) is 66.2 Å². The van der Waals surface area contributed by atoms with E-state index < -0.39 is 11.9 Å². The van der Waals surface area contributed by atoms with Crippen molar-refractivity contribution in [3.8, 4) is 17.6 Å². The third kappa shape index (κ3) is 7.35. The first-order chi connectivity index (χ1) is 17.9. The molecule has 0 bridgehead atoms. The molecule has 0 unspecified atom stereocenters. The fraction of sp³-hybridized carbons (Fsp3) is 0.207. The summed E-state index contributed by atoms with van der Waals surface area (Å²) in [6.45, 7) is 6.51. The van der Waals surface area contributed by atoms with E-state index in [4.69, 9.17) is 25.8 Å². The minimum Gasteiger partial charge on any atom is -0.490 e. The molecule has 1 N–H and O–H groups in total. The molecule has 0 aliphatic heterocycles. The van der Waals surface area contributed by atoms with Crippen molar-refractivity contribution in [2.24, 2.45) is 0 Å². The van der Waals surface area contributed by atoms with Crippen molar-refractivity contribution < 1.29 is 23.8 Å². The number of rotatable bonds is 10. The number of benzene rings is 3. The van der Waals surface area contributed by atoms with Crippen LogP contribution in [0, 0.1) is 18.3 Å². The number of halogens is 1. The molecule has 0 saturated carbocycles. The minimum absolute atomic E-state index is 0.137. The van der Waals surface area contributed by atoms with Crippen molar-refractivity contribution in [2.45, 2.75) is 27.4 Å². The van der Waals surface area contributed by atoms with Crippen LogP contribution in [-0.2, 0) is 16.1 Å². The van der Waals surface area contributed by atoms with Gasteiger partial charge < -0.3 is 19.5 Å². The van der Waals surface area contributed by atoms with Crippen molar-refractivity contribution in [1.29, 1.82) is 5.26 Å². The molecule has 190 valence electrons. The Morgan fingerprint density at radius 3 is 2.41 bits per heavy atom. The monoisotopic (exact) mass is 518 g/mol. The summed E-state index contributed by atoms with van der Waals surface area (Å²) in [4.78, 5) is 24.5. The molecule has 3 aromatic rings. The van der Waals surface area contributed by atoms with Gasteiger partial charge in [-0.3, -0.25) is 4.79 Å². The van der Waals surface area contributed by atoms with Crippen molar-refractivity contribution in [3.63, 3.8) is 0 Å². The second kappa shape index (κ2) is 13.1. The van der Waals surface area contributed by atoms with Gasteiger partial charge in [0.05, 0.1) is 23.8 Å². The van der Waals surface area contributed by atoms with E-state index in [2.05, 4.69) is 5.32 Å². The third-order valence-corrected chi connectivity index (χ3v) is 5.58. The topological polar surface area (TPSA) is 97.7 Å². The van der Waals surface area contributed by atoms with E-state index >= 15 is 0 Å². The zero-order chi connectivity index (χ0) is 26.8. The van der Waals surface area contributed by atoms with Crippen LogP contribution in [-0.4, -0.2) is 25.1 Å². The largest absolute Gasteiger partial charge is 0.490 e. The Bertz CT molecular complexity index is 1340. The number of nitrogens with zero attached hydrogens (tertiary/aromatic N) is 1. The number of esters is 1. The molecular weight excluding hydrogens is 492 g/mol. The van der Waals surface area contributed by atoms with Crippen LogP contribution in [0.25, 0.3) is 6.08 Å². The number of amides is 1. The van der Waals surface area contributed by atoms with Crippen molar-refractivity contribution >= 4 is 35.2 Å². The number of hydrogen-bond donors (Lipinski definition) is 1. The number of ether oxygens (including phenoxy) is 3. The zero-order valence-corrected chi connectivity index (χ0v) is 21.6. The van der Waals surface area contributed by atoms with Crippen LogP contribution in [0.1, 0.15) is 40.9 Å². The van der Waals surface area contributed by atoms with Gasteiger partial charge in [-0.1, -0.05) is 35.9 Å². The first kappa shape index (κ1) is 27.3. The van der Waals surface area contributed by atoms with E-state index in [-0.39, 0.29) is 17.2 Å². The summed E-state index contributed by atoms with van der Waals surface area (Å²) in [5, 5.41) is 12.6. The first-order valence-corrected chi connectivity index (χ1v) is 12.1. The third-order valence-electron chi connectivity index (χ3n) is 5.29. The molecule has 0 fully saturated rings. The Kier molecular flexibility index (Phi) is 9.70. The number of carbonyl (C=O) groups excluding carboxylic acids is 2. The summed E-state index contributed by atoms with van der Waals surface area (Å²) in [5.41, 5.74) is 3.26. The van der Waals surface area contributed by atoms with Gasteiger partial charge in [-0.15, -0.1) is 0 Å². The highest BCUT2D eigenvalue weighted by molar-refractivity contribution is 6.32. The lowest BCUT2D eigenvalue weighted by Gasteiger charge is -2.15. The number of nitrogens with one attached hydrogen (secondary N) is 1. The Morgan fingerprint density at radius 1 is 1.03 bits per heavy atom. The molecule has 3 aromatic carbocycles. The summed E-state index contributed by atoms with van der Waals surface area (Å²) in [7, 11) is 0. The summed E-state index contributed by atoms with van der Waals surface area (Å²) in [6.07, 6.45) is 1.42. The van der Waals surface area contributed by atoms with E-state index in [0.717, 1.165) is 11.1 Å². The SMILES string of the molecule is CCOC(=O)c1ccc(NC(=O)/C(C#N)=C/c2cc(Cl)c(OCc3ccccc3C)c(OCC)c2)cc1. The molecule has 0 spiro atoms. The second-order valence-electron chi connectivity index (χ2n) is 7.90. The summed E-state index contributed by atoms with van der Waals surface area (Å²) in [6, 6.07) is 19.3. The first-order valence-electron chi connectivity index (χ1n) is 11.7. The van der Waals surface area contributed by atoms with Crippen LogP contribution in [0.5, 0.6) is 11.5 Å². The fourth-order valence-corrected chi connectivity index (χ4v) is 3.69. The van der Waals surface area contributed by atoms with Crippen LogP contribution in [0.3, 0.4) is 0 Å². The molecule has 1 amide bonds. The molecule has 0 atom stereocenters. The second-order valence-corrected chi connectivity index (χ2v) is 8.31. The van der Waals surface area contributed by atoms with E-state index in [1.165, 1.54) is 18.2 Å². The molecule has 3 rings (SSSR count). The Morgan fingerprint density at radius 2 is 1.76 bits per heavy atom. The van der Waals surface area contributed by atoms with Crippen LogP contribution >= 0.6 is 11.6 Å². The predicted molar refractivity (Wildman–Crippen MR) is 143 cm³/mol. The van der Waals surface area contributed by atoms with Crippen molar-refractivity contribution in [3.05, 3.63) is 93.5 Å². The van der Waals surface area contributed by atoms with Crippen LogP contribution in [0.2, 0.25) is 5.02 Å². The zero-order valence-electron chi connectivity index (χ0n) is 20.8. The highest BCUT2D eigenvalue weighted by Crippen LogP contribution is 2.38. The van der Waals surface area contributed by atoms with Gasteiger partial charge in [0.25, 0.3) is 5.91 Å². The number of aryl methyl sites for hydroxylation is 1.